The van der Waals surface area contributed by atoms with Crippen molar-refractivity contribution in [3.63, 3.8) is 0 Å². The first-order valence-corrected chi connectivity index (χ1v) is 9.81. The summed E-state index contributed by atoms with van der Waals surface area (Å²) in [5.74, 6) is 2.31. The van der Waals surface area contributed by atoms with Crippen LogP contribution in [0.5, 0.6) is 11.5 Å². The van der Waals surface area contributed by atoms with Gasteiger partial charge in [-0.15, -0.1) is 0 Å². The third kappa shape index (κ3) is 6.34. The largest absolute Gasteiger partial charge is 0.494 e. The summed E-state index contributed by atoms with van der Waals surface area (Å²) >= 11 is 0. The van der Waals surface area contributed by atoms with E-state index in [0.29, 0.717) is 32.2 Å². The summed E-state index contributed by atoms with van der Waals surface area (Å²) in [6.07, 6.45) is 2.00. The second-order valence-electron chi connectivity index (χ2n) is 6.53. The second-order valence-corrected chi connectivity index (χ2v) is 6.53. The fraction of sp³-hybridized carbons (Fsp3) is 0.600. The smallest absolute Gasteiger partial charge is 0.239 e. The van der Waals surface area contributed by atoms with Crippen LogP contribution in [0.3, 0.4) is 0 Å². The van der Waals surface area contributed by atoms with Crippen LogP contribution in [0.25, 0.3) is 0 Å². The molecule has 1 heterocycles. The van der Waals surface area contributed by atoms with Gasteiger partial charge < -0.3 is 25.4 Å². The van der Waals surface area contributed by atoms with E-state index >= 15 is 0 Å². The van der Waals surface area contributed by atoms with E-state index in [1.54, 1.807) is 0 Å². The monoisotopic (exact) mass is 376 g/mol. The maximum atomic E-state index is 11.8. The molecule has 1 atom stereocenters. The number of aliphatic imine (C=N–C) groups is 1. The lowest BCUT2D eigenvalue weighted by Gasteiger charge is -2.14. The molecule has 7 heteroatoms. The van der Waals surface area contributed by atoms with Crippen LogP contribution in [-0.2, 0) is 17.8 Å². The molecule has 0 aliphatic carbocycles. The minimum Gasteiger partial charge on any atom is -0.494 e. The lowest BCUT2D eigenvalue weighted by molar-refractivity contribution is -0.120. The summed E-state index contributed by atoms with van der Waals surface area (Å²) in [6.45, 7) is 10.7. The minimum atomic E-state index is -0.0441. The van der Waals surface area contributed by atoms with Crippen molar-refractivity contribution in [3.8, 4) is 11.5 Å². The Hall–Kier alpha value is -2.44. The summed E-state index contributed by atoms with van der Waals surface area (Å²) in [4.78, 5) is 16.4. The standard InChI is InChI=1S/C20H32N4O3/c1-5-8-22-19(25)13-24-20(21-6-2)23-12-16-11-18-15(9-14(4)27-18)10-17(16)26-7-3/h10-11,14H,5-9,12-13H2,1-4H3,(H,22,25)(H2,21,23,24). The van der Waals surface area contributed by atoms with Gasteiger partial charge in [0.2, 0.25) is 5.91 Å². The summed E-state index contributed by atoms with van der Waals surface area (Å²) in [5, 5.41) is 9.07. The molecule has 1 aliphatic rings. The molecule has 0 aromatic heterocycles. The maximum absolute atomic E-state index is 11.8. The molecule has 150 valence electrons. The Labute approximate surface area is 161 Å². The van der Waals surface area contributed by atoms with Gasteiger partial charge in [-0.2, -0.15) is 0 Å². The predicted octanol–water partition coefficient (Wildman–Crippen LogP) is 1.99. The molecule has 1 amide bonds. The van der Waals surface area contributed by atoms with Crippen molar-refractivity contribution in [1.82, 2.24) is 16.0 Å². The highest BCUT2D eigenvalue weighted by molar-refractivity contribution is 5.86. The summed E-state index contributed by atoms with van der Waals surface area (Å²) < 4.78 is 11.7. The van der Waals surface area contributed by atoms with Crippen LogP contribution in [0, 0.1) is 0 Å². The first-order chi connectivity index (χ1) is 13.1. The predicted molar refractivity (Wildman–Crippen MR) is 108 cm³/mol. The molecule has 0 spiro atoms. The number of hydrogen-bond donors (Lipinski definition) is 3. The zero-order valence-electron chi connectivity index (χ0n) is 16.9. The molecule has 1 aromatic rings. The molecule has 0 radical (unpaired) electrons. The van der Waals surface area contributed by atoms with E-state index in [0.717, 1.165) is 29.9 Å². The molecule has 27 heavy (non-hydrogen) atoms. The van der Waals surface area contributed by atoms with Gasteiger partial charge >= 0.3 is 0 Å². The highest BCUT2D eigenvalue weighted by atomic mass is 16.5. The molecule has 1 aromatic carbocycles. The van der Waals surface area contributed by atoms with Crippen molar-refractivity contribution in [2.75, 3.05) is 26.2 Å². The van der Waals surface area contributed by atoms with E-state index in [2.05, 4.69) is 33.9 Å². The normalized spacial score (nSPS) is 15.7. The first-order valence-electron chi connectivity index (χ1n) is 9.81. The number of nitrogens with one attached hydrogen (secondary N) is 3. The van der Waals surface area contributed by atoms with Gasteiger partial charge in [0.1, 0.15) is 17.6 Å². The third-order valence-electron chi connectivity index (χ3n) is 4.12. The van der Waals surface area contributed by atoms with Crippen molar-refractivity contribution >= 4 is 11.9 Å². The van der Waals surface area contributed by atoms with Gasteiger partial charge in [-0.3, -0.25) is 4.79 Å². The van der Waals surface area contributed by atoms with Crippen molar-refractivity contribution in [3.05, 3.63) is 23.3 Å². The number of hydrogen-bond acceptors (Lipinski definition) is 4. The van der Waals surface area contributed by atoms with E-state index in [1.807, 2.05) is 26.8 Å². The number of carbonyl (C=O) groups is 1. The van der Waals surface area contributed by atoms with E-state index in [9.17, 15) is 4.79 Å². The molecule has 3 N–H and O–H groups in total. The zero-order valence-corrected chi connectivity index (χ0v) is 16.9. The van der Waals surface area contributed by atoms with Crippen LogP contribution in [0.4, 0.5) is 0 Å². The lowest BCUT2D eigenvalue weighted by atomic mass is 10.1. The Bertz CT molecular complexity index is 661. The molecular weight excluding hydrogens is 344 g/mol. The molecule has 2 rings (SSSR count). The minimum absolute atomic E-state index is 0.0441. The highest BCUT2D eigenvalue weighted by Crippen LogP contribution is 2.35. The van der Waals surface area contributed by atoms with Gasteiger partial charge in [-0.25, -0.2) is 4.99 Å². The van der Waals surface area contributed by atoms with Crippen LogP contribution in [0.2, 0.25) is 0 Å². The van der Waals surface area contributed by atoms with Crippen LogP contribution in [-0.4, -0.2) is 44.2 Å². The van der Waals surface area contributed by atoms with E-state index in [-0.39, 0.29) is 18.6 Å². The zero-order chi connectivity index (χ0) is 19.6. The van der Waals surface area contributed by atoms with Crippen molar-refractivity contribution in [1.29, 1.82) is 0 Å². The number of fused-ring (bicyclic) bond motifs is 1. The second kappa shape index (κ2) is 10.6. The molecular formula is C20H32N4O3. The quantitative estimate of drug-likeness (QED) is 0.453. The fourth-order valence-electron chi connectivity index (χ4n) is 2.89. The average molecular weight is 377 g/mol. The van der Waals surface area contributed by atoms with Crippen LogP contribution in [0.1, 0.15) is 45.2 Å². The summed E-state index contributed by atoms with van der Waals surface area (Å²) in [7, 11) is 0. The van der Waals surface area contributed by atoms with Gasteiger partial charge in [-0.05, 0) is 39.3 Å². The van der Waals surface area contributed by atoms with Crippen LogP contribution in [0.15, 0.2) is 17.1 Å². The van der Waals surface area contributed by atoms with Gasteiger partial charge in [0.25, 0.3) is 0 Å². The molecule has 0 bridgehead atoms. The van der Waals surface area contributed by atoms with Gasteiger partial charge in [-0.1, -0.05) is 6.92 Å². The number of guanidine groups is 1. The summed E-state index contributed by atoms with van der Waals surface area (Å²) in [6, 6.07) is 4.08. The molecule has 0 fully saturated rings. The number of amides is 1. The Morgan fingerprint density at radius 2 is 2.07 bits per heavy atom. The van der Waals surface area contributed by atoms with Gasteiger partial charge in [0.15, 0.2) is 5.96 Å². The Morgan fingerprint density at radius 3 is 2.78 bits per heavy atom. The van der Waals surface area contributed by atoms with Crippen molar-refractivity contribution in [2.45, 2.75) is 53.2 Å². The SMILES string of the molecule is CCCNC(=O)CNC(=NCc1cc2c(cc1OCC)CC(C)O2)NCC. The third-order valence-corrected chi connectivity index (χ3v) is 4.12. The van der Waals surface area contributed by atoms with E-state index < -0.39 is 0 Å². The highest BCUT2D eigenvalue weighted by Gasteiger charge is 2.21. The molecule has 0 saturated heterocycles. The van der Waals surface area contributed by atoms with Crippen LogP contribution < -0.4 is 25.4 Å². The maximum Gasteiger partial charge on any atom is 0.239 e. The van der Waals surface area contributed by atoms with E-state index in [1.165, 1.54) is 5.56 Å². The van der Waals surface area contributed by atoms with Crippen LogP contribution >= 0.6 is 0 Å². The number of benzene rings is 1. The lowest BCUT2D eigenvalue weighted by Crippen LogP contribution is -2.43. The number of carbonyl (C=O) groups excluding carboxylic acids is 1. The molecule has 7 nitrogen and oxygen atoms in total. The van der Waals surface area contributed by atoms with Gasteiger partial charge in [0.05, 0.1) is 19.7 Å². The Morgan fingerprint density at radius 1 is 1.26 bits per heavy atom. The fourth-order valence-corrected chi connectivity index (χ4v) is 2.89. The topological polar surface area (TPSA) is 84.0 Å². The molecule has 0 saturated carbocycles. The molecule has 1 unspecified atom stereocenters. The molecule has 1 aliphatic heterocycles. The van der Waals surface area contributed by atoms with E-state index in [4.69, 9.17) is 9.47 Å². The number of ether oxygens (including phenoxy) is 2. The summed E-state index contributed by atoms with van der Waals surface area (Å²) in [5.41, 5.74) is 2.15. The van der Waals surface area contributed by atoms with Crippen molar-refractivity contribution < 1.29 is 14.3 Å². The van der Waals surface area contributed by atoms with Gasteiger partial charge in [0, 0.05) is 30.6 Å². The van der Waals surface area contributed by atoms with Crippen molar-refractivity contribution in [2.24, 2.45) is 4.99 Å². The Kier molecular flexibility index (Phi) is 8.23. The number of nitrogens with zero attached hydrogens (tertiary/aromatic N) is 1. The number of rotatable bonds is 9. The first kappa shape index (κ1) is 20.9. The average Bonchev–Trinajstić information content (AvgIpc) is 3.01. The Balaban J connectivity index is 2.07.